The smallest absolute Gasteiger partial charge is 0.338 e. The van der Waals surface area contributed by atoms with Crippen molar-refractivity contribution in [3.63, 3.8) is 0 Å². The van der Waals surface area contributed by atoms with E-state index in [4.69, 9.17) is 16.3 Å². The van der Waals surface area contributed by atoms with Crippen molar-refractivity contribution in [2.45, 2.75) is 6.92 Å². The highest BCUT2D eigenvalue weighted by Gasteiger charge is 2.14. The van der Waals surface area contributed by atoms with Gasteiger partial charge in [-0.05, 0) is 55.0 Å². The minimum Gasteiger partial charge on any atom is -0.462 e. The van der Waals surface area contributed by atoms with Gasteiger partial charge in [0.25, 0.3) is 5.91 Å². The molecule has 1 N–H and O–H groups in total. The summed E-state index contributed by atoms with van der Waals surface area (Å²) in [6.07, 6.45) is 3.36. The Labute approximate surface area is 177 Å². The molecule has 4 aromatic rings. The summed E-state index contributed by atoms with van der Waals surface area (Å²) in [5, 5.41) is 7.67. The molecule has 0 aliphatic carbocycles. The quantitative estimate of drug-likeness (QED) is 0.481. The molecule has 0 atom stereocenters. The van der Waals surface area contributed by atoms with E-state index >= 15 is 0 Å². The Kier molecular flexibility index (Phi) is 5.45. The van der Waals surface area contributed by atoms with Crippen LogP contribution in [-0.2, 0) is 4.74 Å². The predicted octanol–water partition coefficient (Wildman–Crippen LogP) is 4.48. The number of amides is 1. The summed E-state index contributed by atoms with van der Waals surface area (Å²) in [5.74, 6) is -0.781. The third kappa shape index (κ3) is 4.01. The summed E-state index contributed by atoms with van der Waals surface area (Å²) in [4.78, 5) is 28.9. The van der Waals surface area contributed by atoms with Gasteiger partial charge >= 0.3 is 5.97 Å². The van der Waals surface area contributed by atoms with Crippen LogP contribution in [0, 0.1) is 0 Å². The molecule has 1 amide bonds. The Morgan fingerprint density at radius 2 is 1.93 bits per heavy atom. The maximum absolute atomic E-state index is 12.7. The zero-order valence-corrected chi connectivity index (χ0v) is 16.8. The van der Waals surface area contributed by atoms with E-state index in [1.54, 1.807) is 60.2 Å². The highest BCUT2D eigenvalue weighted by molar-refractivity contribution is 6.30. The molecule has 0 spiro atoms. The summed E-state index contributed by atoms with van der Waals surface area (Å²) in [6.45, 7) is 2.05. The van der Waals surface area contributed by atoms with E-state index < -0.39 is 5.97 Å². The molecule has 0 radical (unpaired) electrons. The largest absolute Gasteiger partial charge is 0.462 e. The number of carbonyl (C=O) groups excluding carboxylic acids is 2. The van der Waals surface area contributed by atoms with Crippen LogP contribution in [0.25, 0.3) is 16.8 Å². The maximum atomic E-state index is 12.7. The van der Waals surface area contributed by atoms with E-state index in [9.17, 15) is 9.59 Å². The minimum absolute atomic E-state index is 0.237. The van der Waals surface area contributed by atoms with Crippen LogP contribution in [0.5, 0.6) is 0 Å². The van der Waals surface area contributed by atoms with Crippen LogP contribution < -0.4 is 5.32 Å². The fraction of sp³-hybridized carbons (Fsp3) is 0.0909. The van der Waals surface area contributed by atoms with E-state index in [2.05, 4.69) is 15.4 Å². The number of benzene rings is 2. The molecular weight excluding hydrogens is 404 g/mol. The van der Waals surface area contributed by atoms with E-state index in [0.29, 0.717) is 28.5 Å². The number of fused-ring (bicyclic) bond motifs is 1. The van der Waals surface area contributed by atoms with Crippen molar-refractivity contribution >= 4 is 34.8 Å². The van der Waals surface area contributed by atoms with E-state index in [0.717, 1.165) is 11.1 Å². The van der Waals surface area contributed by atoms with Gasteiger partial charge < -0.3 is 10.1 Å². The molecular formula is C22H17ClN4O3. The Bertz CT molecular complexity index is 1230. The lowest BCUT2D eigenvalue weighted by Gasteiger charge is -2.07. The van der Waals surface area contributed by atoms with Gasteiger partial charge in [0.05, 0.1) is 18.4 Å². The third-order valence-corrected chi connectivity index (χ3v) is 4.63. The lowest BCUT2D eigenvalue weighted by Crippen LogP contribution is -2.14. The molecule has 7 nitrogen and oxygen atoms in total. The summed E-state index contributed by atoms with van der Waals surface area (Å²) < 4.78 is 6.55. The summed E-state index contributed by atoms with van der Waals surface area (Å²) in [5.41, 5.74) is 3.37. The molecule has 0 fully saturated rings. The summed E-state index contributed by atoms with van der Waals surface area (Å²) in [6, 6.07) is 15.4. The molecule has 8 heteroatoms. The van der Waals surface area contributed by atoms with E-state index in [1.807, 2.05) is 18.2 Å². The van der Waals surface area contributed by atoms with Crippen LogP contribution in [0.15, 0.2) is 67.0 Å². The molecule has 0 aliphatic rings. The van der Waals surface area contributed by atoms with Crippen molar-refractivity contribution in [3.05, 3.63) is 83.3 Å². The van der Waals surface area contributed by atoms with Gasteiger partial charge in [-0.2, -0.15) is 5.10 Å². The van der Waals surface area contributed by atoms with Crippen LogP contribution >= 0.6 is 11.6 Å². The molecule has 0 saturated carbocycles. The van der Waals surface area contributed by atoms with Crippen molar-refractivity contribution in [1.29, 1.82) is 0 Å². The van der Waals surface area contributed by atoms with Gasteiger partial charge in [0.1, 0.15) is 5.69 Å². The molecule has 0 aliphatic heterocycles. The molecule has 150 valence electrons. The van der Waals surface area contributed by atoms with Crippen molar-refractivity contribution in [2.24, 2.45) is 0 Å². The normalized spacial score (nSPS) is 10.7. The molecule has 0 bridgehead atoms. The van der Waals surface area contributed by atoms with Gasteiger partial charge in [-0.15, -0.1) is 0 Å². The van der Waals surface area contributed by atoms with Gasteiger partial charge in [-0.3, -0.25) is 4.79 Å². The fourth-order valence-electron chi connectivity index (χ4n) is 2.95. The molecule has 4 rings (SSSR count). The first-order valence-corrected chi connectivity index (χ1v) is 9.62. The SMILES string of the molecule is CCOC(=O)c1ccc(NC(=O)c2ccn3ncc(-c4cccc(Cl)c4)c3n2)cc1. The van der Waals surface area contributed by atoms with Crippen LogP contribution in [0.2, 0.25) is 5.02 Å². The van der Waals surface area contributed by atoms with Crippen molar-refractivity contribution in [1.82, 2.24) is 14.6 Å². The van der Waals surface area contributed by atoms with E-state index in [-0.39, 0.29) is 11.6 Å². The number of halogens is 1. The number of hydrogen-bond donors (Lipinski definition) is 1. The lowest BCUT2D eigenvalue weighted by atomic mass is 10.1. The summed E-state index contributed by atoms with van der Waals surface area (Å²) >= 11 is 6.09. The van der Waals surface area contributed by atoms with Crippen molar-refractivity contribution < 1.29 is 14.3 Å². The molecule has 2 heterocycles. The van der Waals surface area contributed by atoms with Crippen LogP contribution in [-0.4, -0.2) is 33.1 Å². The number of anilines is 1. The number of rotatable bonds is 5. The number of nitrogens with zero attached hydrogens (tertiary/aromatic N) is 3. The molecule has 0 saturated heterocycles. The topological polar surface area (TPSA) is 85.6 Å². The zero-order valence-electron chi connectivity index (χ0n) is 16.0. The average Bonchev–Trinajstić information content (AvgIpc) is 3.17. The second-order valence-corrected chi connectivity index (χ2v) is 6.84. The van der Waals surface area contributed by atoms with Gasteiger partial charge in [0.2, 0.25) is 0 Å². The number of nitrogens with one attached hydrogen (secondary N) is 1. The number of aromatic nitrogens is 3. The van der Waals surface area contributed by atoms with Gasteiger partial charge in [0.15, 0.2) is 5.65 Å². The lowest BCUT2D eigenvalue weighted by molar-refractivity contribution is 0.0526. The standard InChI is InChI=1S/C22H17ClN4O3/c1-2-30-22(29)14-6-8-17(9-7-14)25-21(28)19-10-11-27-20(26-19)18(13-24-27)15-4-3-5-16(23)12-15/h3-13H,2H2,1H3,(H,25,28). The average molecular weight is 421 g/mol. The first-order chi connectivity index (χ1) is 14.5. The molecule has 0 unspecified atom stereocenters. The molecule has 30 heavy (non-hydrogen) atoms. The molecule has 2 aromatic carbocycles. The number of ether oxygens (including phenoxy) is 1. The van der Waals surface area contributed by atoms with Crippen LogP contribution in [0.4, 0.5) is 5.69 Å². The Hall–Kier alpha value is -3.71. The first kappa shape index (κ1) is 19.6. The first-order valence-electron chi connectivity index (χ1n) is 9.24. The maximum Gasteiger partial charge on any atom is 0.338 e. The van der Waals surface area contributed by atoms with Gasteiger partial charge in [-0.1, -0.05) is 23.7 Å². The van der Waals surface area contributed by atoms with Crippen LogP contribution in [0.1, 0.15) is 27.8 Å². The third-order valence-electron chi connectivity index (χ3n) is 4.39. The van der Waals surface area contributed by atoms with Crippen LogP contribution in [0.3, 0.4) is 0 Å². The zero-order chi connectivity index (χ0) is 21.1. The monoisotopic (exact) mass is 420 g/mol. The molecule has 2 aromatic heterocycles. The number of hydrogen-bond acceptors (Lipinski definition) is 5. The van der Waals surface area contributed by atoms with Gasteiger partial charge in [0, 0.05) is 22.5 Å². The van der Waals surface area contributed by atoms with Crippen molar-refractivity contribution in [3.8, 4) is 11.1 Å². The highest BCUT2D eigenvalue weighted by Crippen LogP contribution is 2.26. The fourth-order valence-corrected chi connectivity index (χ4v) is 3.14. The Balaban J connectivity index is 1.58. The second-order valence-electron chi connectivity index (χ2n) is 6.40. The number of esters is 1. The highest BCUT2D eigenvalue weighted by atomic mass is 35.5. The Morgan fingerprint density at radius 3 is 2.67 bits per heavy atom. The summed E-state index contributed by atoms with van der Waals surface area (Å²) in [7, 11) is 0. The Morgan fingerprint density at radius 1 is 1.13 bits per heavy atom. The second kappa shape index (κ2) is 8.34. The van der Waals surface area contributed by atoms with Gasteiger partial charge in [-0.25, -0.2) is 14.3 Å². The predicted molar refractivity (Wildman–Crippen MR) is 114 cm³/mol. The minimum atomic E-state index is -0.406. The van der Waals surface area contributed by atoms with Crippen molar-refractivity contribution in [2.75, 3.05) is 11.9 Å². The number of carbonyl (C=O) groups is 2. The van der Waals surface area contributed by atoms with E-state index in [1.165, 1.54) is 0 Å².